The Balaban J connectivity index is 1.94. The van der Waals surface area contributed by atoms with Gasteiger partial charge in [0, 0.05) is 5.56 Å². The van der Waals surface area contributed by atoms with Crippen LogP contribution in [0.3, 0.4) is 0 Å². The van der Waals surface area contributed by atoms with Crippen LogP contribution in [-0.4, -0.2) is 19.6 Å². The zero-order valence-electron chi connectivity index (χ0n) is 14.1. The van der Waals surface area contributed by atoms with Crippen molar-refractivity contribution in [3.63, 3.8) is 0 Å². The van der Waals surface area contributed by atoms with E-state index in [9.17, 15) is 4.79 Å². The Labute approximate surface area is 137 Å². The van der Waals surface area contributed by atoms with E-state index in [2.05, 4.69) is 5.32 Å². The zero-order chi connectivity index (χ0) is 16.8. The highest BCUT2D eigenvalue weighted by atomic mass is 16.5. The van der Waals surface area contributed by atoms with E-state index < -0.39 is 0 Å². The predicted octanol–water partition coefficient (Wildman–Crippen LogP) is 3.57. The van der Waals surface area contributed by atoms with Crippen molar-refractivity contribution < 1.29 is 14.3 Å². The van der Waals surface area contributed by atoms with Gasteiger partial charge in [-0.25, -0.2) is 0 Å². The molecule has 4 nitrogen and oxygen atoms in total. The van der Waals surface area contributed by atoms with Crippen LogP contribution >= 0.6 is 0 Å². The smallest absolute Gasteiger partial charge is 0.258 e. The monoisotopic (exact) mass is 313 g/mol. The van der Waals surface area contributed by atoms with Gasteiger partial charge in [-0.1, -0.05) is 35.9 Å². The average molecular weight is 313 g/mol. The molecular weight excluding hydrogens is 290 g/mol. The van der Waals surface area contributed by atoms with Crippen molar-refractivity contribution in [3.05, 3.63) is 59.2 Å². The molecule has 4 heteroatoms. The van der Waals surface area contributed by atoms with Gasteiger partial charge in [-0.05, 0) is 38.5 Å². The van der Waals surface area contributed by atoms with E-state index in [0.717, 1.165) is 22.6 Å². The minimum atomic E-state index is -0.164. The third kappa shape index (κ3) is 4.49. The van der Waals surface area contributed by atoms with Crippen LogP contribution in [0, 0.1) is 13.8 Å². The van der Waals surface area contributed by atoms with Gasteiger partial charge < -0.3 is 14.8 Å². The molecule has 0 aliphatic heterocycles. The van der Waals surface area contributed by atoms with E-state index in [1.54, 1.807) is 7.11 Å². The quantitative estimate of drug-likeness (QED) is 0.887. The van der Waals surface area contributed by atoms with Gasteiger partial charge in [0.1, 0.15) is 11.5 Å². The Hall–Kier alpha value is -2.49. The highest BCUT2D eigenvalue weighted by molar-refractivity contribution is 5.78. The second-order valence-electron chi connectivity index (χ2n) is 5.59. The number of methoxy groups -OCH3 is 1. The molecule has 1 atom stereocenters. The molecule has 0 saturated carbocycles. The lowest BCUT2D eigenvalue weighted by molar-refractivity contribution is -0.123. The maximum Gasteiger partial charge on any atom is 0.258 e. The molecule has 2 rings (SSSR count). The minimum Gasteiger partial charge on any atom is -0.496 e. The summed E-state index contributed by atoms with van der Waals surface area (Å²) < 4.78 is 10.9. The fraction of sp³-hybridized carbons (Fsp3) is 0.316. The van der Waals surface area contributed by atoms with Gasteiger partial charge >= 0.3 is 0 Å². The van der Waals surface area contributed by atoms with E-state index in [-0.39, 0.29) is 18.6 Å². The van der Waals surface area contributed by atoms with Gasteiger partial charge in [-0.2, -0.15) is 0 Å². The standard InChI is InChI=1S/C19H23NO3/c1-13-9-10-17(14(2)11-13)23-12-19(21)20-15(3)16-7-5-6-8-18(16)22-4/h5-11,15H,12H2,1-4H3,(H,20,21). The summed E-state index contributed by atoms with van der Waals surface area (Å²) in [5.41, 5.74) is 3.13. The van der Waals surface area contributed by atoms with Crippen LogP contribution in [0.2, 0.25) is 0 Å². The Kier molecular flexibility index (Phi) is 5.63. The van der Waals surface area contributed by atoms with Crippen molar-refractivity contribution in [2.24, 2.45) is 0 Å². The number of rotatable bonds is 6. The van der Waals surface area contributed by atoms with Gasteiger partial charge in [0.15, 0.2) is 6.61 Å². The van der Waals surface area contributed by atoms with Gasteiger partial charge in [0.05, 0.1) is 13.2 Å². The molecule has 2 aromatic carbocycles. The molecule has 0 radical (unpaired) electrons. The summed E-state index contributed by atoms with van der Waals surface area (Å²) in [6.07, 6.45) is 0. The van der Waals surface area contributed by atoms with E-state index in [1.807, 2.05) is 63.2 Å². The Morgan fingerprint density at radius 3 is 2.57 bits per heavy atom. The summed E-state index contributed by atoms with van der Waals surface area (Å²) in [7, 11) is 1.62. The molecule has 0 aliphatic rings. The lowest BCUT2D eigenvalue weighted by atomic mass is 10.1. The van der Waals surface area contributed by atoms with Crippen molar-refractivity contribution >= 4 is 5.91 Å². The topological polar surface area (TPSA) is 47.6 Å². The first-order valence-electron chi connectivity index (χ1n) is 7.63. The van der Waals surface area contributed by atoms with Crippen molar-refractivity contribution in [2.45, 2.75) is 26.8 Å². The Bertz CT molecular complexity index is 682. The summed E-state index contributed by atoms with van der Waals surface area (Å²) in [4.78, 5) is 12.1. The summed E-state index contributed by atoms with van der Waals surface area (Å²) >= 11 is 0. The highest BCUT2D eigenvalue weighted by Gasteiger charge is 2.14. The third-order valence-electron chi connectivity index (χ3n) is 3.67. The largest absolute Gasteiger partial charge is 0.496 e. The second-order valence-corrected chi connectivity index (χ2v) is 5.59. The van der Waals surface area contributed by atoms with E-state index >= 15 is 0 Å². The number of nitrogens with one attached hydrogen (secondary N) is 1. The lowest BCUT2D eigenvalue weighted by Crippen LogP contribution is -2.31. The number of para-hydroxylation sites is 1. The van der Waals surface area contributed by atoms with Gasteiger partial charge in [0.2, 0.25) is 0 Å². The van der Waals surface area contributed by atoms with Crippen molar-refractivity contribution in [1.82, 2.24) is 5.32 Å². The number of carbonyl (C=O) groups excluding carboxylic acids is 1. The Morgan fingerprint density at radius 2 is 1.87 bits per heavy atom. The summed E-state index contributed by atoms with van der Waals surface area (Å²) in [5, 5.41) is 2.93. The van der Waals surface area contributed by atoms with E-state index in [0.29, 0.717) is 0 Å². The number of hydrogen-bond donors (Lipinski definition) is 1. The maximum absolute atomic E-state index is 12.1. The SMILES string of the molecule is COc1ccccc1C(C)NC(=O)COc1ccc(C)cc1C. The van der Waals surface area contributed by atoms with Gasteiger partial charge in [0.25, 0.3) is 5.91 Å². The van der Waals surface area contributed by atoms with Crippen LogP contribution in [-0.2, 0) is 4.79 Å². The number of carbonyl (C=O) groups is 1. The number of benzene rings is 2. The fourth-order valence-electron chi connectivity index (χ4n) is 2.49. The molecular formula is C19H23NO3. The number of amides is 1. The molecule has 0 fully saturated rings. The van der Waals surface area contributed by atoms with Crippen LogP contribution in [0.25, 0.3) is 0 Å². The molecule has 1 unspecified atom stereocenters. The normalized spacial score (nSPS) is 11.7. The average Bonchev–Trinajstić information content (AvgIpc) is 2.54. The van der Waals surface area contributed by atoms with E-state index in [1.165, 1.54) is 5.56 Å². The van der Waals surface area contributed by atoms with Gasteiger partial charge in [-0.3, -0.25) is 4.79 Å². The first-order chi connectivity index (χ1) is 11.0. The van der Waals surface area contributed by atoms with Crippen molar-refractivity contribution in [1.29, 1.82) is 0 Å². The number of aryl methyl sites for hydroxylation is 2. The minimum absolute atomic E-state index is 0.0105. The van der Waals surface area contributed by atoms with Crippen molar-refractivity contribution in [2.75, 3.05) is 13.7 Å². The lowest BCUT2D eigenvalue weighted by Gasteiger charge is -2.17. The molecule has 1 N–H and O–H groups in total. The van der Waals surface area contributed by atoms with Crippen LogP contribution in [0.15, 0.2) is 42.5 Å². The molecule has 122 valence electrons. The molecule has 23 heavy (non-hydrogen) atoms. The van der Waals surface area contributed by atoms with Crippen LogP contribution in [0.4, 0.5) is 0 Å². The zero-order valence-corrected chi connectivity index (χ0v) is 14.1. The molecule has 1 amide bonds. The summed E-state index contributed by atoms with van der Waals surface area (Å²) in [6.45, 7) is 5.91. The first kappa shape index (κ1) is 16.9. The highest BCUT2D eigenvalue weighted by Crippen LogP contribution is 2.24. The molecule has 0 heterocycles. The molecule has 0 aromatic heterocycles. The van der Waals surface area contributed by atoms with Gasteiger partial charge in [-0.15, -0.1) is 0 Å². The second kappa shape index (κ2) is 7.68. The maximum atomic E-state index is 12.1. The number of ether oxygens (including phenoxy) is 2. The van der Waals surface area contributed by atoms with Crippen LogP contribution in [0.1, 0.15) is 29.7 Å². The predicted molar refractivity (Wildman–Crippen MR) is 91.0 cm³/mol. The molecule has 0 bridgehead atoms. The third-order valence-corrected chi connectivity index (χ3v) is 3.67. The Morgan fingerprint density at radius 1 is 1.13 bits per heavy atom. The first-order valence-corrected chi connectivity index (χ1v) is 7.63. The van der Waals surface area contributed by atoms with Crippen LogP contribution < -0.4 is 14.8 Å². The fourth-order valence-corrected chi connectivity index (χ4v) is 2.49. The number of hydrogen-bond acceptors (Lipinski definition) is 3. The summed E-state index contributed by atoms with van der Waals surface area (Å²) in [5.74, 6) is 1.33. The molecule has 0 aliphatic carbocycles. The van der Waals surface area contributed by atoms with E-state index in [4.69, 9.17) is 9.47 Å². The summed E-state index contributed by atoms with van der Waals surface area (Å²) in [6, 6.07) is 13.4. The molecule has 0 saturated heterocycles. The molecule has 0 spiro atoms. The molecule has 2 aromatic rings. The van der Waals surface area contributed by atoms with Crippen LogP contribution in [0.5, 0.6) is 11.5 Å². The van der Waals surface area contributed by atoms with Crippen molar-refractivity contribution in [3.8, 4) is 11.5 Å².